The number of amides is 2. The van der Waals surface area contributed by atoms with Crippen LogP contribution in [0.4, 0.5) is 11.6 Å². The summed E-state index contributed by atoms with van der Waals surface area (Å²) in [5.74, 6) is 1.11. The average molecular weight is 589 g/mol. The van der Waals surface area contributed by atoms with Gasteiger partial charge >= 0.3 is 0 Å². The molecule has 2 aliphatic carbocycles. The van der Waals surface area contributed by atoms with Gasteiger partial charge in [-0.15, -0.1) is 0 Å². The van der Waals surface area contributed by atoms with E-state index < -0.39 is 6.04 Å². The number of nitrogens with one attached hydrogen (secondary N) is 1. The summed E-state index contributed by atoms with van der Waals surface area (Å²) in [7, 11) is 0. The van der Waals surface area contributed by atoms with Crippen molar-refractivity contribution >= 4 is 61.3 Å². The zero-order chi connectivity index (χ0) is 26.9. The summed E-state index contributed by atoms with van der Waals surface area (Å²) in [6.07, 6.45) is 7.90. The molecule has 0 spiro atoms. The zero-order valence-corrected chi connectivity index (χ0v) is 23.3. The van der Waals surface area contributed by atoms with Crippen molar-refractivity contribution < 1.29 is 9.59 Å². The van der Waals surface area contributed by atoms with Crippen molar-refractivity contribution in [2.45, 2.75) is 70.0 Å². The van der Waals surface area contributed by atoms with E-state index in [4.69, 9.17) is 5.73 Å². The normalized spacial score (nSPS) is 24.4. The molecular formula is C29H30BrN7O2. The van der Waals surface area contributed by atoms with Gasteiger partial charge in [-0.05, 0) is 82.8 Å². The minimum absolute atomic E-state index is 0.0357. The summed E-state index contributed by atoms with van der Waals surface area (Å²) in [5.41, 5.74) is 9.18. The number of nitrogens with zero attached hydrogens (tertiary/aromatic N) is 5. The van der Waals surface area contributed by atoms with Crippen molar-refractivity contribution in [3.05, 3.63) is 52.9 Å². The van der Waals surface area contributed by atoms with Crippen LogP contribution in [0, 0.1) is 5.41 Å². The highest BCUT2D eigenvalue weighted by Gasteiger charge is 2.64. The summed E-state index contributed by atoms with van der Waals surface area (Å²) in [4.78, 5) is 42.3. The second-order valence-electron chi connectivity index (χ2n) is 11.5. The Morgan fingerprint density at radius 2 is 1.97 bits per heavy atom. The number of aromatic nitrogens is 4. The number of fused-ring (bicyclic) bond motifs is 4. The van der Waals surface area contributed by atoms with Gasteiger partial charge in [-0.3, -0.25) is 9.59 Å². The number of carbonyl (C=O) groups is 2. The SMILES string of the molecule is C[C@]12CC1N(C(=O)Cn1c3ccc(C4CCCC4)cc3c3c(N)ncnc31)[C@H](C(=O)Nc1cccc(Br)n1)C2. The lowest BCUT2D eigenvalue weighted by atomic mass is 9.96. The largest absolute Gasteiger partial charge is 0.383 e. The van der Waals surface area contributed by atoms with E-state index in [0.29, 0.717) is 34.2 Å². The smallest absolute Gasteiger partial charge is 0.248 e. The first kappa shape index (κ1) is 24.5. The molecule has 1 aromatic carbocycles. The fraction of sp³-hybridized carbons (Fsp3) is 0.414. The molecule has 200 valence electrons. The molecular weight excluding hydrogens is 558 g/mol. The molecule has 0 radical (unpaired) electrons. The number of pyridine rings is 1. The number of likely N-dealkylation sites (tertiary alicyclic amines) is 1. The van der Waals surface area contributed by atoms with Gasteiger partial charge in [-0.2, -0.15) is 0 Å². The van der Waals surface area contributed by atoms with E-state index >= 15 is 0 Å². The molecule has 3 aromatic heterocycles. The number of carbonyl (C=O) groups excluding carboxylic acids is 2. The van der Waals surface area contributed by atoms with Gasteiger partial charge in [-0.25, -0.2) is 15.0 Å². The lowest BCUT2D eigenvalue weighted by Gasteiger charge is -2.27. The van der Waals surface area contributed by atoms with Crippen LogP contribution in [0.1, 0.15) is 56.9 Å². The summed E-state index contributed by atoms with van der Waals surface area (Å²) in [6.45, 7) is 2.23. The highest BCUT2D eigenvalue weighted by molar-refractivity contribution is 9.10. The predicted molar refractivity (Wildman–Crippen MR) is 153 cm³/mol. The van der Waals surface area contributed by atoms with E-state index in [9.17, 15) is 9.59 Å². The molecule has 3 N–H and O–H groups in total. The van der Waals surface area contributed by atoms with Crippen LogP contribution in [-0.2, 0) is 16.1 Å². The Hall–Kier alpha value is -3.53. The van der Waals surface area contributed by atoms with Crippen molar-refractivity contribution in [3.63, 3.8) is 0 Å². The van der Waals surface area contributed by atoms with E-state index in [1.807, 2.05) is 10.6 Å². The number of hydrogen-bond donors (Lipinski definition) is 2. The minimum atomic E-state index is -0.552. The van der Waals surface area contributed by atoms with Crippen LogP contribution < -0.4 is 11.1 Å². The topological polar surface area (TPSA) is 119 Å². The van der Waals surface area contributed by atoms with Gasteiger partial charge in [0, 0.05) is 11.4 Å². The highest BCUT2D eigenvalue weighted by atomic mass is 79.9. The quantitative estimate of drug-likeness (QED) is 0.317. The molecule has 4 aromatic rings. The van der Waals surface area contributed by atoms with Crippen molar-refractivity contribution in [2.75, 3.05) is 11.1 Å². The van der Waals surface area contributed by atoms with Crippen molar-refractivity contribution in [1.82, 2.24) is 24.4 Å². The fourth-order valence-electron chi connectivity index (χ4n) is 6.89. The Morgan fingerprint density at radius 3 is 2.77 bits per heavy atom. The molecule has 39 heavy (non-hydrogen) atoms. The number of hydrogen-bond acceptors (Lipinski definition) is 6. The van der Waals surface area contributed by atoms with Crippen molar-refractivity contribution in [2.24, 2.45) is 5.41 Å². The second kappa shape index (κ2) is 9.01. The van der Waals surface area contributed by atoms with Gasteiger partial charge < -0.3 is 20.5 Å². The predicted octanol–water partition coefficient (Wildman–Crippen LogP) is 5.00. The molecule has 10 heteroatoms. The molecule has 4 heterocycles. The molecule has 2 amide bonds. The van der Waals surface area contributed by atoms with E-state index in [1.165, 1.54) is 37.6 Å². The first-order valence-electron chi connectivity index (χ1n) is 13.6. The maximum atomic E-state index is 14.0. The molecule has 3 aliphatic rings. The van der Waals surface area contributed by atoms with Gasteiger partial charge in [0.15, 0.2) is 0 Å². The van der Waals surface area contributed by atoms with Gasteiger partial charge in [0.05, 0.1) is 10.9 Å². The summed E-state index contributed by atoms with van der Waals surface area (Å²) in [6, 6.07) is 11.3. The highest BCUT2D eigenvalue weighted by Crippen LogP contribution is 2.59. The summed E-state index contributed by atoms with van der Waals surface area (Å²) < 4.78 is 2.57. The van der Waals surface area contributed by atoms with Crippen LogP contribution in [0.15, 0.2) is 47.3 Å². The molecule has 0 bridgehead atoms. The van der Waals surface area contributed by atoms with Crippen LogP contribution in [-0.4, -0.2) is 48.3 Å². The maximum Gasteiger partial charge on any atom is 0.248 e. The third-order valence-corrected chi connectivity index (χ3v) is 9.45. The molecule has 1 unspecified atom stereocenters. The Kier molecular flexibility index (Phi) is 5.66. The van der Waals surface area contributed by atoms with Crippen LogP contribution in [0.2, 0.25) is 0 Å². The number of benzene rings is 1. The molecule has 3 atom stereocenters. The van der Waals surface area contributed by atoms with Gasteiger partial charge in [0.1, 0.15) is 40.8 Å². The number of piperidine rings is 1. The Labute approximate surface area is 234 Å². The average Bonchev–Trinajstić information content (AvgIpc) is 3.29. The first-order valence-corrected chi connectivity index (χ1v) is 14.4. The van der Waals surface area contributed by atoms with E-state index in [2.05, 4.69) is 61.3 Å². The molecule has 7 rings (SSSR count). The van der Waals surface area contributed by atoms with E-state index in [0.717, 1.165) is 22.7 Å². The standard InChI is InChI=1S/C29H30BrN7O2/c1-29-12-20(28(39)35-23-8-4-7-22(30)34-23)37(21(29)13-29)24(38)14-36-19-10-9-17(16-5-2-3-6-16)11-18(19)25-26(31)32-15-33-27(25)36/h4,7-11,15-16,20-21H,2-3,5-6,12-14H2,1H3,(H2,31,32,33)(H,34,35,39)/t20-,21?,29-/m0/s1. The number of nitrogen functional groups attached to an aromatic ring is 1. The van der Waals surface area contributed by atoms with Gasteiger partial charge in [-0.1, -0.05) is 31.9 Å². The summed E-state index contributed by atoms with van der Waals surface area (Å²) >= 11 is 3.35. The van der Waals surface area contributed by atoms with Crippen LogP contribution >= 0.6 is 15.9 Å². The van der Waals surface area contributed by atoms with E-state index in [-0.39, 0.29) is 29.8 Å². The summed E-state index contributed by atoms with van der Waals surface area (Å²) in [5, 5.41) is 4.67. The maximum absolute atomic E-state index is 14.0. The van der Waals surface area contributed by atoms with E-state index in [1.54, 1.807) is 17.0 Å². The number of nitrogens with two attached hydrogens (primary N) is 1. The molecule has 9 nitrogen and oxygen atoms in total. The van der Waals surface area contributed by atoms with Crippen LogP contribution in [0.25, 0.3) is 21.9 Å². The number of anilines is 2. The minimum Gasteiger partial charge on any atom is -0.383 e. The van der Waals surface area contributed by atoms with Crippen molar-refractivity contribution in [3.8, 4) is 0 Å². The first-order chi connectivity index (χ1) is 18.8. The number of rotatable bonds is 5. The van der Waals surface area contributed by atoms with Gasteiger partial charge in [0.2, 0.25) is 11.8 Å². The third kappa shape index (κ3) is 4.07. The fourth-order valence-corrected chi connectivity index (χ4v) is 7.24. The zero-order valence-electron chi connectivity index (χ0n) is 21.7. The Balaban J connectivity index is 1.23. The Bertz CT molecular complexity index is 1650. The Morgan fingerprint density at radius 1 is 1.15 bits per heavy atom. The molecule has 2 saturated carbocycles. The van der Waals surface area contributed by atoms with Crippen molar-refractivity contribution in [1.29, 1.82) is 0 Å². The lowest BCUT2D eigenvalue weighted by Crippen LogP contribution is -2.46. The molecule has 1 aliphatic heterocycles. The number of halogens is 1. The molecule has 3 fully saturated rings. The van der Waals surface area contributed by atoms with Gasteiger partial charge in [0.25, 0.3) is 0 Å². The van der Waals surface area contributed by atoms with Crippen LogP contribution in [0.5, 0.6) is 0 Å². The molecule has 1 saturated heterocycles. The third-order valence-electron chi connectivity index (χ3n) is 9.01. The second-order valence-corrected chi connectivity index (χ2v) is 12.3. The lowest BCUT2D eigenvalue weighted by molar-refractivity contribution is -0.138. The monoisotopic (exact) mass is 587 g/mol. The van der Waals surface area contributed by atoms with Crippen LogP contribution in [0.3, 0.4) is 0 Å².